The first-order valence-corrected chi connectivity index (χ1v) is 33.1. The molecule has 0 spiro atoms. The Balaban J connectivity index is 0.000000236. The van der Waals surface area contributed by atoms with Crippen LogP contribution in [0.2, 0.25) is 0 Å². The minimum atomic E-state index is -1.07. The van der Waals surface area contributed by atoms with E-state index in [1.165, 1.54) is 16.2 Å². The van der Waals surface area contributed by atoms with E-state index in [4.69, 9.17) is 18.9 Å². The third-order valence-electron chi connectivity index (χ3n) is 15.8. The van der Waals surface area contributed by atoms with Crippen LogP contribution in [-0.4, -0.2) is 63.5 Å². The number of carbonyl (C=O) groups excluding carboxylic acids is 2. The van der Waals surface area contributed by atoms with Gasteiger partial charge in [0.05, 0.1) is 24.6 Å². The average Bonchev–Trinajstić information content (AvgIpc) is 1.62. The van der Waals surface area contributed by atoms with Crippen molar-refractivity contribution in [2.24, 2.45) is 10.8 Å². The van der Waals surface area contributed by atoms with Crippen LogP contribution < -0.4 is 53.6 Å². The summed E-state index contributed by atoms with van der Waals surface area (Å²) in [6.07, 6.45) is 8.34. The number of thioether (sulfide) groups is 2. The Morgan fingerprint density at radius 1 is 0.473 bits per heavy atom. The van der Waals surface area contributed by atoms with Crippen LogP contribution in [0.5, 0.6) is 23.3 Å². The zero-order valence-electron chi connectivity index (χ0n) is 57.0. The molecule has 10 aromatic rings. The summed E-state index contributed by atoms with van der Waals surface area (Å²) in [5.74, 6) is 1.89. The van der Waals surface area contributed by atoms with Gasteiger partial charge in [-0.15, -0.1) is 23.5 Å². The number of ether oxygens (including phenoxy) is 4. The van der Waals surface area contributed by atoms with Gasteiger partial charge in [-0.3, -0.25) is 14.8 Å². The van der Waals surface area contributed by atoms with Gasteiger partial charge in [-0.05, 0) is 135 Å². The molecule has 0 saturated carbocycles. The summed E-state index contributed by atoms with van der Waals surface area (Å²) in [6.45, 7) is 33.6. The fraction of sp³-hybridized carbons (Fsp3) is 0.351. The molecule has 0 saturated heterocycles. The van der Waals surface area contributed by atoms with Crippen molar-refractivity contribution < 1.29 is 63.2 Å². The molecule has 4 aromatic carbocycles. The summed E-state index contributed by atoms with van der Waals surface area (Å²) in [6, 6.07) is 45.5. The normalized spacial score (nSPS) is 11.9. The summed E-state index contributed by atoms with van der Waals surface area (Å²) in [4.78, 5) is 45.2. The Hall–Kier alpha value is -7.40. The van der Waals surface area contributed by atoms with E-state index in [0.29, 0.717) is 64.1 Å². The van der Waals surface area contributed by atoms with Crippen molar-refractivity contribution in [3.8, 4) is 45.5 Å². The summed E-state index contributed by atoms with van der Waals surface area (Å²) < 4.78 is 28.0. The summed E-state index contributed by atoms with van der Waals surface area (Å²) >= 11 is 3.60. The molecule has 0 atom stereocenters. The monoisotopic (exact) mass is 1290 g/mol. The van der Waals surface area contributed by atoms with Gasteiger partial charge in [0, 0.05) is 137 Å². The first kappa shape index (κ1) is 71.4. The van der Waals surface area contributed by atoms with Crippen LogP contribution in [-0.2, 0) is 48.7 Å². The molecule has 10 rings (SSSR count). The predicted octanol–water partition coefficient (Wildman–Crippen LogP) is 14.1. The van der Waals surface area contributed by atoms with Gasteiger partial charge in [0.2, 0.25) is 11.8 Å². The van der Waals surface area contributed by atoms with E-state index in [1.807, 2.05) is 133 Å². The molecule has 16 heteroatoms. The number of ketones is 1. The van der Waals surface area contributed by atoms with E-state index >= 15 is 0 Å². The smallest absolute Gasteiger partial charge is 0.550 e. The quantitative estimate of drug-likeness (QED) is 0.0416. The van der Waals surface area contributed by atoms with E-state index < -0.39 is 16.8 Å². The van der Waals surface area contributed by atoms with Crippen molar-refractivity contribution in [1.29, 1.82) is 0 Å². The number of Topliss-reactive ketones (excluding diaryl/α,β-unsaturated/α-hetero) is 1. The van der Waals surface area contributed by atoms with E-state index in [2.05, 4.69) is 149 Å². The minimum absolute atomic E-state index is 0. The van der Waals surface area contributed by atoms with E-state index in [-0.39, 0.29) is 44.8 Å². The summed E-state index contributed by atoms with van der Waals surface area (Å²) in [7, 11) is 0. The molecule has 6 heterocycles. The van der Waals surface area contributed by atoms with Crippen LogP contribution in [0.1, 0.15) is 135 Å². The van der Waals surface area contributed by atoms with Crippen LogP contribution >= 0.6 is 23.5 Å². The summed E-state index contributed by atoms with van der Waals surface area (Å²) in [5.41, 5.74) is 13.2. The third kappa shape index (κ3) is 18.9. The number of benzene rings is 4. The first-order valence-electron chi connectivity index (χ1n) is 31.5. The second-order valence-corrected chi connectivity index (χ2v) is 30.4. The average molecular weight is 1300 g/mol. The number of carbonyl (C=O) groups is 2. The van der Waals surface area contributed by atoms with Gasteiger partial charge in [-0.1, -0.05) is 130 Å². The number of pyridine rings is 4. The van der Waals surface area contributed by atoms with E-state index in [1.54, 1.807) is 32.5 Å². The van der Waals surface area contributed by atoms with Gasteiger partial charge < -0.3 is 38.0 Å². The van der Waals surface area contributed by atoms with Crippen molar-refractivity contribution in [2.75, 3.05) is 13.2 Å². The number of fused-ring (bicyclic) bond motifs is 2. The summed E-state index contributed by atoms with van der Waals surface area (Å²) in [5, 5.41) is 14.4. The standard InChI is InChI=1S/C39H45N3O3S.C38H43N3O4S.Na/c1-9-44-36-19-15-30(23-41-36)29-13-11-28(12-14-29)24-42-34-18-17-32(45-25-31-16-10-26(2)22-40-31)20-33(34)37(46-38(4,5)6)35(42)21-39(7,8)27(3)43;1-8-44-34-18-14-28(22-40-34)27-12-10-26(11-13-27)23-41-32-17-16-30(45-24-29-15-9-25(2)21-39-29)19-31(32)35(46-37(3,4)5)33(41)20-38(6,7)36(42)43;/h10-20,22-23H,9,21,24-25H2,1-8H3;9-19,21-22H,8,20,23-24H2,1-7H3,(H,42,43);/q;;+1/p-1. The van der Waals surface area contributed by atoms with Gasteiger partial charge >= 0.3 is 29.6 Å². The molecule has 0 bridgehead atoms. The maximum Gasteiger partial charge on any atom is 1.00 e. The number of hydrogen-bond donors (Lipinski definition) is 0. The van der Waals surface area contributed by atoms with Crippen LogP contribution in [0.25, 0.3) is 44.1 Å². The molecule has 0 N–H and O–H groups in total. The van der Waals surface area contributed by atoms with Crippen molar-refractivity contribution in [1.82, 2.24) is 29.1 Å². The molecule has 0 amide bonds. The Labute approximate surface area is 580 Å². The van der Waals surface area contributed by atoms with Crippen LogP contribution in [0.4, 0.5) is 0 Å². The molecule has 0 unspecified atom stereocenters. The molecule has 0 aliphatic rings. The zero-order chi connectivity index (χ0) is 66.1. The molecule has 0 radical (unpaired) electrons. The Bertz CT molecular complexity index is 3880. The zero-order valence-corrected chi connectivity index (χ0v) is 60.7. The molecular formula is C77H87N6NaO7S2. The van der Waals surface area contributed by atoms with Gasteiger partial charge in [0.1, 0.15) is 30.5 Å². The van der Waals surface area contributed by atoms with Crippen LogP contribution in [0.3, 0.4) is 0 Å². The number of aryl methyl sites for hydroxylation is 2. The van der Waals surface area contributed by atoms with Crippen molar-refractivity contribution in [3.63, 3.8) is 0 Å². The molecule has 6 aromatic heterocycles. The van der Waals surface area contributed by atoms with Crippen molar-refractivity contribution >= 4 is 57.1 Å². The predicted molar refractivity (Wildman–Crippen MR) is 372 cm³/mol. The maximum absolute atomic E-state index is 12.8. The van der Waals surface area contributed by atoms with Gasteiger partial charge in [-0.2, -0.15) is 0 Å². The van der Waals surface area contributed by atoms with Crippen molar-refractivity contribution in [3.05, 3.63) is 203 Å². The number of nitrogens with zero attached hydrogens (tertiary/aromatic N) is 6. The molecule has 0 aliphatic carbocycles. The Morgan fingerprint density at radius 3 is 1.18 bits per heavy atom. The topological polar surface area (TPSA) is 156 Å². The number of carboxylic acid groups (broad SMARTS) is 1. The molecule has 480 valence electrons. The molecule has 0 fully saturated rings. The van der Waals surface area contributed by atoms with E-state index in [9.17, 15) is 14.7 Å². The fourth-order valence-corrected chi connectivity index (χ4v) is 12.9. The molecule has 0 aliphatic heterocycles. The van der Waals surface area contributed by atoms with Gasteiger partial charge in [0.25, 0.3) is 0 Å². The SMILES string of the molecule is CCOc1ccc(-c2ccc(Cn3c(CC(C)(C)C(=O)[O-])c(SC(C)(C)C)c4cc(OCc5ccc(C)cn5)ccc43)cc2)cn1.CCOc1ccc(-c2ccc(Cn3c(CC(C)(C)C(C)=O)c(SC(C)(C)C)c4cc(OCc5ccc(C)cn5)ccc43)cc2)cn1.[Na+]. The van der Waals surface area contributed by atoms with Crippen molar-refractivity contribution in [2.45, 2.75) is 162 Å². The second kappa shape index (κ2) is 30.8. The van der Waals surface area contributed by atoms with E-state index in [0.717, 1.165) is 94.2 Å². The Kier molecular flexibility index (Phi) is 23.6. The number of hydrogen-bond acceptors (Lipinski definition) is 13. The van der Waals surface area contributed by atoms with Crippen LogP contribution in [0, 0.1) is 24.7 Å². The number of carboxylic acids is 1. The second-order valence-electron chi connectivity index (χ2n) is 26.7. The largest absolute Gasteiger partial charge is 1.00 e. The number of rotatable bonds is 24. The number of aliphatic carboxylic acids is 1. The molecule has 93 heavy (non-hydrogen) atoms. The Morgan fingerprint density at radius 2 is 0.860 bits per heavy atom. The van der Waals surface area contributed by atoms with Gasteiger partial charge in [-0.25, -0.2) is 9.97 Å². The fourth-order valence-electron chi connectivity index (χ4n) is 10.5. The first-order chi connectivity index (χ1) is 43.6. The number of aromatic nitrogens is 6. The van der Waals surface area contributed by atoms with Crippen LogP contribution in [0.15, 0.2) is 168 Å². The third-order valence-corrected chi connectivity index (χ3v) is 18.3. The maximum atomic E-state index is 12.8. The molecule has 13 nitrogen and oxygen atoms in total. The minimum Gasteiger partial charge on any atom is -0.550 e. The molecular weight excluding hydrogens is 1210 g/mol. The van der Waals surface area contributed by atoms with Gasteiger partial charge in [0.15, 0.2) is 0 Å².